The number of nitrogens with zero attached hydrogens (tertiary/aromatic N) is 6. The van der Waals surface area contributed by atoms with Crippen molar-refractivity contribution in [3.63, 3.8) is 0 Å². The fraction of sp³-hybridized carbons (Fsp3) is 0.520. The number of benzene rings is 1. The van der Waals surface area contributed by atoms with Crippen LogP contribution in [0.3, 0.4) is 0 Å². The van der Waals surface area contributed by atoms with E-state index in [9.17, 15) is 8.78 Å². The van der Waals surface area contributed by atoms with Gasteiger partial charge in [-0.1, -0.05) is 6.92 Å². The maximum atomic E-state index is 14.3. The van der Waals surface area contributed by atoms with Gasteiger partial charge in [0.25, 0.3) is 5.95 Å². The second kappa shape index (κ2) is 10.3. The second-order valence-electron chi connectivity index (χ2n) is 9.55. The molecule has 36 heavy (non-hydrogen) atoms. The largest absolute Gasteiger partial charge is 0.487 e. The highest BCUT2D eigenvalue weighted by molar-refractivity contribution is 5.39. The summed E-state index contributed by atoms with van der Waals surface area (Å²) in [6.07, 6.45) is 5.95. The highest BCUT2D eigenvalue weighted by Crippen LogP contribution is 2.31. The zero-order valence-electron chi connectivity index (χ0n) is 20.5. The van der Waals surface area contributed by atoms with Crippen LogP contribution in [0.25, 0.3) is 0 Å². The van der Waals surface area contributed by atoms with Gasteiger partial charge in [-0.15, -0.1) is 0 Å². The lowest BCUT2D eigenvalue weighted by molar-refractivity contribution is 0.131. The zero-order valence-corrected chi connectivity index (χ0v) is 20.5. The predicted octanol–water partition coefficient (Wildman–Crippen LogP) is 3.32. The van der Waals surface area contributed by atoms with Gasteiger partial charge in [0.2, 0.25) is 11.8 Å². The first kappa shape index (κ1) is 24.4. The van der Waals surface area contributed by atoms with Crippen molar-refractivity contribution >= 4 is 11.9 Å². The standard InChI is InChI=1S/C25H31F2N7O2/c1-3-23-31-25(32-36-23)33-8-6-16(7-9-33)15(2)35-18-11-29-24(30-12-18)34-13-20(22(28)14-34)19-10-17(26)4-5-21(19)27/h4-5,10-12,15-16,20,22H,3,6-9,13-14,28H2,1-2H3. The Hall–Kier alpha value is -3.34. The fourth-order valence-corrected chi connectivity index (χ4v) is 5.05. The summed E-state index contributed by atoms with van der Waals surface area (Å²) in [5.41, 5.74) is 6.55. The highest BCUT2D eigenvalue weighted by atomic mass is 19.1. The number of hydrogen-bond donors (Lipinski definition) is 1. The molecule has 2 aliphatic rings. The van der Waals surface area contributed by atoms with Gasteiger partial charge < -0.3 is 24.8 Å². The monoisotopic (exact) mass is 499 g/mol. The lowest BCUT2D eigenvalue weighted by Crippen LogP contribution is -2.39. The Morgan fingerprint density at radius 2 is 1.86 bits per heavy atom. The number of anilines is 2. The van der Waals surface area contributed by atoms with E-state index in [4.69, 9.17) is 15.0 Å². The molecule has 2 aromatic heterocycles. The van der Waals surface area contributed by atoms with Crippen molar-refractivity contribution in [1.82, 2.24) is 20.1 Å². The van der Waals surface area contributed by atoms with E-state index in [1.165, 1.54) is 6.07 Å². The molecule has 0 radical (unpaired) electrons. The molecule has 5 rings (SSSR count). The van der Waals surface area contributed by atoms with E-state index in [1.54, 1.807) is 12.4 Å². The van der Waals surface area contributed by atoms with E-state index in [0.717, 1.165) is 44.5 Å². The van der Waals surface area contributed by atoms with E-state index in [0.29, 0.717) is 42.5 Å². The van der Waals surface area contributed by atoms with E-state index in [2.05, 4.69) is 31.9 Å². The van der Waals surface area contributed by atoms with E-state index >= 15 is 0 Å². The quantitative estimate of drug-likeness (QED) is 0.524. The summed E-state index contributed by atoms with van der Waals surface area (Å²) in [6.45, 7) is 6.61. The van der Waals surface area contributed by atoms with Crippen molar-refractivity contribution in [3.05, 3.63) is 53.7 Å². The third-order valence-electron chi connectivity index (χ3n) is 7.19. The molecule has 3 atom stereocenters. The van der Waals surface area contributed by atoms with Crippen LogP contribution in [0.2, 0.25) is 0 Å². The maximum Gasteiger partial charge on any atom is 0.266 e. The average Bonchev–Trinajstić information content (AvgIpc) is 3.53. The molecule has 2 aliphatic heterocycles. The van der Waals surface area contributed by atoms with Crippen LogP contribution in [-0.2, 0) is 6.42 Å². The maximum absolute atomic E-state index is 14.3. The minimum Gasteiger partial charge on any atom is -0.487 e. The van der Waals surface area contributed by atoms with Crippen LogP contribution in [0.1, 0.15) is 44.1 Å². The van der Waals surface area contributed by atoms with E-state index in [-0.39, 0.29) is 23.6 Å². The number of hydrogen-bond acceptors (Lipinski definition) is 9. The van der Waals surface area contributed by atoms with Crippen molar-refractivity contribution in [1.29, 1.82) is 0 Å². The van der Waals surface area contributed by atoms with Gasteiger partial charge in [0.15, 0.2) is 5.75 Å². The molecule has 1 aromatic carbocycles. The first-order valence-electron chi connectivity index (χ1n) is 12.4. The van der Waals surface area contributed by atoms with Crippen molar-refractivity contribution in [2.45, 2.75) is 51.2 Å². The summed E-state index contributed by atoms with van der Waals surface area (Å²) < 4.78 is 39.3. The molecular formula is C25H31F2N7O2. The lowest BCUT2D eigenvalue weighted by atomic mass is 9.92. The molecule has 3 aromatic rings. The third kappa shape index (κ3) is 5.11. The van der Waals surface area contributed by atoms with Gasteiger partial charge >= 0.3 is 0 Å². The predicted molar refractivity (Wildman–Crippen MR) is 130 cm³/mol. The Morgan fingerprint density at radius 1 is 1.11 bits per heavy atom. The third-order valence-corrected chi connectivity index (χ3v) is 7.19. The first-order valence-corrected chi connectivity index (χ1v) is 12.4. The van der Waals surface area contributed by atoms with Crippen LogP contribution < -0.4 is 20.3 Å². The van der Waals surface area contributed by atoms with Crippen molar-refractivity contribution in [2.75, 3.05) is 36.0 Å². The Bertz CT molecular complexity index is 1170. The highest BCUT2D eigenvalue weighted by Gasteiger charge is 2.34. The molecule has 2 fully saturated rings. The number of nitrogens with two attached hydrogens (primary N) is 1. The number of piperidine rings is 1. The summed E-state index contributed by atoms with van der Waals surface area (Å²) in [5, 5.41) is 4.07. The SMILES string of the molecule is CCc1nc(N2CCC(C(C)Oc3cnc(N4CC(N)C(c5cc(F)ccc5F)C4)nc3)CC2)no1. The Kier molecular flexibility index (Phi) is 6.99. The van der Waals surface area contributed by atoms with Crippen molar-refractivity contribution in [3.8, 4) is 5.75 Å². The van der Waals surface area contributed by atoms with Crippen LogP contribution in [0.15, 0.2) is 35.1 Å². The minimum absolute atomic E-state index is 0.00128. The molecule has 0 aliphatic carbocycles. The second-order valence-corrected chi connectivity index (χ2v) is 9.55. The van der Waals surface area contributed by atoms with E-state index in [1.807, 2.05) is 11.8 Å². The number of rotatable bonds is 7. The molecule has 9 nitrogen and oxygen atoms in total. The van der Waals surface area contributed by atoms with Crippen LogP contribution in [0.4, 0.5) is 20.7 Å². The van der Waals surface area contributed by atoms with E-state index < -0.39 is 11.6 Å². The van der Waals surface area contributed by atoms with Gasteiger partial charge in [-0.2, -0.15) is 4.98 Å². The van der Waals surface area contributed by atoms with Gasteiger partial charge in [0.1, 0.15) is 11.6 Å². The number of ether oxygens (including phenoxy) is 1. The fourth-order valence-electron chi connectivity index (χ4n) is 5.05. The summed E-state index contributed by atoms with van der Waals surface area (Å²) in [7, 11) is 0. The van der Waals surface area contributed by atoms with Gasteiger partial charge in [-0.25, -0.2) is 18.7 Å². The molecular weight excluding hydrogens is 468 g/mol. The summed E-state index contributed by atoms with van der Waals surface area (Å²) in [4.78, 5) is 17.4. The smallest absolute Gasteiger partial charge is 0.266 e. The molecule has 0 amide bonds. The molecule has 2 saturated heterocycles. The van der Waals surface area contributed by atoms with Gasteiger partial charge in [0.05, 0.1) is 18.5 Å². The normalized spacial score (nSPS) is 21.7. The number of aryl methyl sites for hydroxylation is 1. The molecule has 0 bridgehead atoms. The molecule has 11 heteroatoms. The molecule has 2 N–H and O–H groups in total. The zero-order chi connectivity index (χ0) is 25.2. The minimum atomic E-state index is -0.477. The average molecular weight is 500 g/mol. The lowest BCUT2D eigenvalue weighted by Gasteiger charge is -2.34. The molecule has 192 valence electrons. The molecule has 4 heterocycles. The van der Waals surface area contributed by atoms with Gasteiger partial charge in [-0.3, -0.25) is 0 Å². The van der Waals surface area contributed by atoms with Crippen molar-refractivity contribution < 1.29 is 18.0 Å². The Balaban J connectivity index is 1.15. The first-order chi connectivity index (χ1) is 17.4. The number of halogens is 2. The van der Waals surface area contributed by atoms with Gasteiger partial charge in [0, 0.05) is 44.6 Å². The number of aromatic nitrogens is 4. The van der Waals surface area contributed by atoms with Crippen LogP contribution >= 0.6 is 0 Å². The van der Waals surface area contributed by atoms with Crippen LogP contribution in [0, 0.1) is 17.6 Å². The Morgan fingerprint density at radius 3 is 2.56 bits per heavy atom. The Labute approximate surface area is 208 Å². The van der Waals surface area contributed by atoms with Gasteiger partial charge in [-0.05, 0) is 54.6 Å². The molecule has 3 unspecified atom stereocenters. The van der Waals surface area contributed by atoms with Crippen molar-refractivity contribution in [2.24, 2.45) is 11.7 Å². The molecule has 0 spiro atoms. The summed E-state index contributed by atoms with van der Waals surface area (Å²) in [5.74, 6) is 1.51. The summed E-state index contributed by atoms with van der Waals surface area (Å²) >= 11 is 0. The van der Waals surface area contributed by atoms with Crippen LogP contribution in [0.5, 0.6) is 5.75 Å². The molecule has 0 saturated carbocycles. The van der Waals surface area contributed by atoms with Crippen LogP contribution in [-0.4, -0.2) is 58.4 Å². The topological polar surface area (TPSA) is 106 Å². The summed E-state index contributed by atoms with van der Waals surface area (Å²) in [6, 6.07) is 3.12.